The second-order valence-corrected chi connectivity index (χ2v) is 9.42. The van der Waals surface area contributed by atoms with Gasteiger partial charge in [-0.3, -0.25) is 19.5 Å². The lowest BCUT2D eigenvalue weighted by molar-refractivity contribution is -0.142. The number of para-hydroxylation sites is 1. The Morgan fingerprint density at radius 1 is 1.18 bits per heavy atom. The van der Waals surface area contributed by atoms with Crippen LogP contribution in [0.5, 0.6) is 5.75 Å². The lowest BCUT2D eigenvalue weighted by Gasteiger charge is -2.26. The third-order valence-electron chi connectivity index (χ3n) is 6.36. The molecule has 1 aliphatic heterocycles. The molecule has 0 bridgehead atoms. The molecule has 1 atom stereocenters. The Balaban J connectivity index is 1.45. The standard InChI is InChI=1S/C28H30ClFN4O4/c29-21-17-20(18-23(19-21)38-16-12-32-22-8-10-31-11-9-22)27(35)34(25-6-2-1-5-24(25)30)15-4-14-33-13-3-7-26(33)28(36)37/h1-2,5-6,8-11,17-19,26H,3-4,7,12-16H2,(H,31,32)(H,36,37). The summed E-state index contributed by atoms with van der Waals surface area (Å²) < 4.78 is 20.6. The van der Waals surface area contributed by atoms with Gasteiger partial charge in [0.25, 0.3) is 5.91 Å². The number of anilines is 2. The molecular weight excluding hydrogens is 511 g/mol. The van der Waals surface area contributed by atoms with Crippen LogP contribution in [0.2, 0.25) is 5.02 Å². The summed E-state index contributed by atoms with van der Waals surface area (Å²) in [6, 6.07) is 14.0. The highest BCUT2D eigenvalue weighted by Crippen LogP contribution is 2.26. The summed E-state index contributed by atoms with van der Waals surface area (Å²) in [5.41, 5.74) is 1.33. The summed E-state index contributed by atoms with van der Waals surface area (Å²) in [5.74, 6) is -1.36. The summed E-state index contributed by atoms with van der Waals surface area (Å²) in [6.07, 6.45) is 5.28. The molecule has 2 aromatic carbocycles. The third-order valence-corrected chi connectivity index (χ3v) is 6.58. The van der Waals surface area contributed by atoms with Crippen LogP contribution in [0.3, 0.4) is 0 Å². The van der Waals surface area contributed by atoms with Crippen LogP contribution in [0.15, 0.2) is 67.0 Å². The van der Waals surface area contributed by atoms with E-state index in [1.807, 2.05) is 17.0 Å². The van der Waals surface area contributed by atoms with Crippen LogP contribution in [0, 0.1) is 5.82 Å². The predicted molar refractivity (Wildman–Crippen MR) is 145 cm³/mol. The minimum Gasteiger partial charge on any atom is -0.492 e. The SMILES string of the molecule is O=C(O)C1CCCN1CCCN(C(=O)c1cc(Cl)cc(OCCNc2ccncc2)c1)c1ccccc1F. The number of ether oxygens (including phenoxy) is 1. The number of amides is 1. The fourth-order valence-electron chi connectivity index (χ4n) is 4.57. The molecule has 1 aliphatic rings. The van der Waals surface area contributed by atoms with E-state index in [0.717, 1.165) is 12.1 Å². The van der Waals surface area contributed by atoms with Crippen molar-refractivity contribution >= 4 is 34.9 Å². The number of carbonyl (C=O) groups is 2. The van der Waals surface area contributed by atoms with E-state index in [0.29, 0.717) is 49.9 Å². The molecule has 10 heteroatoms. The molecule has 1 amide bonds. The van der Waals surface area contributed by atoms with Crippen LogP contribution < -0.4 is 15.0 Å². The van der Waals surface area contributed by atoms with Gasteiger partial charge in [-0.15, -0.1) is 0 Å². The first-order valence-electron chi connectivity index (χ1n) is 12.5. The topological polar surface area (TPSA) is 95.0 Å². The van der Waals surface area contributed by atoms with E-state index in [1.54, 1.807) is 42.7 Å². The molecular formula is C28H30ClFN4O4. The van der Waals surface area contributed by atoms with Crippen molar-refractivity contribution in [3.63, 3.8) is 0 Å². The maximum Gasteiger partial charge on any atom is 0.320 e. The number of pyridine rings is 1. The zero-order valence-electron chi connectivity index (χ0n) is 20.9. The first kappa shape index (κ1) is 27.3. The highest BCUT2D eigenvalue weighted by molar-refractivity contribution is 6.31. The van der Waals surface area contributed by atoms with E-state index < -0.39 is 23.7 Å². The number of aliphatic carboxylic acids is 1. The van der Waals surface area contributed by atoms with Crippen LogP contribution >= 0.6 is 11.6 Å². The largest absolute Gasteiger partial charge is 0.492 e. The minimum atomic E-state index is -0.841. The van der Waals surface area contributed by atoms with Crippen LogP contribution in [-0.2, 0) is 4.79 Å². The van der Waals surface area contributed by atoms with Gasteiger partial charge in [0.1, 0.15) is 24.2 Å². The number of carboxylic acid groups (broad SMARTS) is 1. The first-order valence-corrected chi connectivity index (χ1v) is 12.9. The molecule has 38 heavy (non-hydrogen) atoms. The van der Waals surface area contributed by atoms with Crippen LogP contribution in [-0.4, -0.2) is 65.7 Å². The highest BCUT2D eigenvalue weighted by atomic mass is 35.5. The number of hydrogen-bond acceptors (Lipinski definition) is 6. The smallest absolute Gasteiger partial charge is 0.320 e. The van der Waals surface area contributed by atoms with Crippen molar-refractivity contribution in [2.24, 2.45) is 0 Å². The minimum absolute atomic E-state index is 0.151. The quantitative estimate of drug-likeness (QED) is 0.314. The van der Waals surface area contributed by atoms with Crippen molar-refractivity contribution in [2.75, 3.05) is 43.0 Å². The fourth-order valence-corrected chi connectivity index (χ4v) is 4.79. The number of nitrogens with one attached hydrogen (secondary N) is 1. The van der Waals surface area contributed by atoms with Gasteiger partial charge in [-0.2, -0.15) is 0 Å². The van der Waals surface area contributed by atoms with Gasteiger partial charge in [-0.25, -0.2) is 4.39 Å². The molecule has 200 valence electrons. The Kier molecular flexibility index (Phi) is 9.51. The average molecular weight is 541 g/mol. The first-order chi connectivity index (χ1) is 18.4. The second-order valence-electron chi connectivity index (χ2n) is 8.98. The van der Waals surface area contributed by atoms with E-state index in [-0.39, 0.29) is 17.8 Å². The van der Waals surface area contributed by atoms with Crippen LogP contribution in [0.4, 0.5) is 15.8 Å². The Hall–Kier alpha value is -3.69. The lowest BCUT2D eigenvalue weighted by Crippen LogP contribution is -2.39. The molecule has 8 nitrogen and oxygen atoms in total. The number of halogens is 2. The van der Waals surface area contributed by atoms with Gasteiger partial charge in [0.2, 0.25) is 0 Å². The molecule has 2 N–H and O–H groups in total. The molecule has 1 aromatic heterocycles. The second kappa shape index (κ2) is 13.2. The number of carboxylic acids is 1. The van der Waals surface area contributed by atoms with E-state index in [1.165, 1.54) is 17.0 Å². The highest BCUT2D eigenvalue weighted by Gasteiger charge is 2.30. The van der Waals surface area contributed by atoms with Crippen molar-refractivity contribution in [3.05, 3.63) is 83.4 Å². The Labute approximate surface area is 226 Å². The van der Waals surface area contributed by atoms with Gasteiger partial charge in [0.05, 0.1) is 5.69 Å². The summed E-state index contributed by atoms with van der Waals surface area (Å²) >= 11 is 6.31. The van der Waals surface area contributed by atoms with Gasteiger partial charge in [0.15, 0.2) is 0 Å². The van der Waals surface area contributed by atoms with Gasteiger partial charge in [-0.05, 0) is 68.3 Å². The number of benzene rings is 2. The monoisotopic (exact) mass is 540 g/mol. The molecule has 2 heterocycles. The van der Waals surface area contributed by atoms with Gasteiger partial charge in [0, 0.05) is 48.3 Å². The van der Waals surface area contributed by atoms with E-state index in [4.69, 9.17) is 16.3 Å². The average Bonchev–Trinajstić information content (AvgIpc) is 3.39. The van der Waals surface area contributed by atoms with E-state index in [2.05, 4.69) is 10.3 Å². The molecule has 3 aromatic rings. The molecule has 1 unspecified atom stereocenters. The number of hydrogen-bond donors (Lipinski definition) is 2. The third kappa shape index (κ3) is 7.20. The fraction of sp³-hybridized carbons (Fsp3) is 0.321. The number of carbonyl (C=O) groups excluding carboxylic acids is 1. The lowest BCUT2D eigenvalue weighted by atomic mass is 10.1. The van der Waals surface area contributed by atoms with Crippen LogP contribution in [0.25, 0.3) is 0 Å². The van der Waals surface area contributed by atoms with E-state index in [9.17, 15) is 19.1 Å². The van der Waals surface area contributed by atoms with Crippen molar-refractivity contribution < 1.29 is 23.8 Å². The summed E-state index contributed by atoms with van der Waals surface area (Å²) in [5, 5.41) is 13.0. The number of likely N-dealkylation sites (tertiary alicyclic amines) is 1. The zero-order chi connectivity index (χ0) is 26.9. The van der Waals surface area contributed by atoms with Gasteiger partial charge < -0.3 is 20.1 Å². The molecule has 0 radical (unpaired) electrons. The molecule has 0 spiro atoms. The molecule has 4 rings (SSSR count). The number of aromatic nitrogens is 1. The maximum absolute atomic E-state index is 14.8. The van der Waals surface area contributed by atoms with Gasteiger partial charge >= 0.3 is 5.97 Å². The molecule has 0 aliphatic carbocycles. The molecule has 1 fully saturated rings. The molecule has 0 saturated carbocycles. The molecule has 1 saturated heterocycles. The van der Waals surface area contributed by atoms with Crippen molar-refractivity contribution in [3.8, 4) is 5.75 Å². The van der Waals surface area contributed by atoms with Crippen molar-refractivity contribution in [1.29, 1.82) is 0 Å². The summed E-state index contributed by atoms with van der Waals surface area (Å²) in [6.45, 7) is 2.24. The zero-order valence-corrected chi connectivity index (χ0v) is 21.6. The Morgan fingerprint density at radius 2 is 1.97 bits per heavy atom. The van der Waals surface area contributed by atoms with Crippen LogP contribution in [0.1, 0.15) is 29.6 Å². The number of rotatable bonds is 12. The Morgan fingerprint density at radius 3 is 2.74 bits per heavy atom. The summed E-state index contributed by atoms with van der Waals surface area (Å²) in [7, 11) is 0. The van der Waals surface area contributed by atoms with Gasteiger partial charge in [-0.1, -0.05) is 23.7 Å². The van der Waals surface area contributed by atoms with Crippen molar-refractivity contribution in [2.45, 2.75) is 25.3 Å². The normalized spacial score (nSPS) is 15.3. The Bertz CT molecular complexity index is 1250. The number of nitrogens with zero attached hydrogens (tertiary/aromatic N) is 3. The predicted octanol–water partition coefficient (Wildman–Crippen LogP) is 4.95. The summed E-state index contributed by atoms with van der Waals surface area (Å²) in [4.78, 5) is 32.4. The maximum atomic E-state index is 14.8. The van der Waals surface area contributed by atoms with Crippen molar-refractivity contribution in [1.82, 2.24) is 9.88 Å². The van der Waals surface area contributed by atoms with E-state index >= 15 is 0 Å².